The molecule has 0 spiro atoms. The standard InChI is InChI=1S/C24H23NO4/c1-28-14-15-29-20-11-7-8-18(16-20)17-25-24(27)22-13-6-5-12-21(22)23(26)19-9-3-2-4-10-19/h2-13,16H,14-15,17H2,1H3,(H,25,27). The second-order valence-corrected chi connectivity index (χ2v) is 6.41. The van der Waals surface area contributed by atoms with Crippen molar-refractivity contribution < 1.29 is 19.1 Å². The zero-order valence-corrected chi connectivity index (χ0v) is 16.3. The predicted octanol–water partition coefficient (Wildman–Crippen LogP) is 3.87. The molecular weight excluding hydrogens is 366 g/mol. The minimum atomic E-state index is -0.296. The molecular formula is C24H23NO4. The summed E-state index contributed by atoms with van der Waals surface area (Å²) in [6.07, 6.45) is 0. The fourth-order valence-corrected chi connectivity index (χ4v) is 2.89. The zero-order valence-electron chi connectivity index (χ0n) is 16.3. The molecule has 3 aromatic carbocycles. The molecule has 0 saturated heterocycles. The van der Waals surface area contributed by atoms with Crippen LogP contribution in [0.25, 0.3) is 0 Å². The van der Waals surface area contributed by atoms with Crippen LogP contribution in [0.4, 0.5) is 0 Å². The highest BCUT2D eigenvalue weighted by Crippen LogP contribution is 2.16. The van der Waals surface area contributed by atoms with E-state index in [-0.39, 0.29) is 11.7 Å². The first-order valence-electron chi connectivity index (χ1n) is 9.36. The van der Waals surface area contributed by atoms with Crippen LogP contribution in [0.2, 0.25) is 0 Å². The van der Waals surface area contributed by atoms with Crippen LogP contribution in [0, 0.1) is 0 Å². The van der Waals surface area contributed by atoms with Crippen molar-refractivity contribution in [2.45, 2.75) is 6.54 Å². The molecule has 0 aliphatic heterocycles. The first-order chi connectivity index (χ1) is 14.2. The topological polar surface area (TPSA) is 64.6 Å². The van der Waals surface area contributed by atoms with Crippen molar-refractivity contribution in [3.8, 4) is 5.75 Å². The van der Waals surface area contributed by atoms with Gasteiger partial charge in [0.2, 0.25) is 0 Å². The van der Waals surface area contributed by atoms with Gasteiger partial charge in [-0.15, -0.1) is 0 Å². The van der Waals surface area contributed by atoms with Crippen LogP contribution < -0.4 is 10.1 Å². The summed E-state index contributed by atoms with van der Waals surface area (Å²) < 4.78 is 10.6. The number of hydrogen-bond acceptors (Lipinski definition) is 4. The van der Waals surface area contributed by atoms with Crippen LogP contribution in [0.15, 0.2) is 78.9 Å². The predicted molar refractivity (Wildman–Crippen MR) is 111 cm³/mol. The van der Waals surface area contributed by atoms with Crippen molar-refractivity contribution in [1.82, 2.24) is 5.32 Å². The number of carbonyl (C=O) groups is 2. The minimum absolute atomic E-state index is 0.176. The number of ketones is 1. The minimum Gasteiger partial charge on any atom is -0.491 e. The number of hydrogen-bond donors (Lipinski definition) is 1. The van der Waals surface area contributed by atoms with Gasteiger partial charge in [0, 0.05) is 24.8 Å². The normalized spacial score (nSPS) is 10.4. The first kappa shape index (κ1) is 20.3. The van der Waals surface area contributed by atoms with E-state index in [9.17, 15) is 9.59 Å². The van der Waals surface area contributed by atoms with E-state index in [4.69, 9.17) is 9.47 Å². The molecule has 0 bridgehead atoms. The van der Waals surface area contributed by atoms with Crippen molar-refractivity contribution in [3.63, 3.8) is 0 Å². The zero-order chi connectivity index (χ0) is 20.5. The van der Waals surface area contributed by atoms with E-state index in [2.05, 4.69) is 5.32 Å². The molecule has 1 amide bonds. The fraction of sp³-hybridized carbons (Fsp3) is 0.167. The molecule has 5 heteroatoms. The highest BCUT2D eigenvalue weighted by molar-refractivity contribution is 6.15. The Morgan fingerprint density at radius 3 is 2.31 bits per heavy atom. The molecule has 1 N–H and O–H groups in total. The lowest BCUT2D eigenvalue weighted by Crippen LogP contribution is -2.25. The van der Waals surface area contributed by atoms with Crippen LogP contribution in [0.3, 0.4) is 0 Å². The number of amides is 1. The van der Waals surface area contributed by atoms with E-state index in [1.165, 1.54) is 0 Å². The van der Waals surface area contributed by atoms with Gasteiger partial charge in [0.15, 0.2) is 5.78 Å². The Balaban J connectivity index is 1.69. The molecule has 3 rings (SSSR count). The van der Waals surface area contributed by atoms with Gasteiger partial charge in [0.25, 0.3) is 5.91 Å². The summed E-state index contributed by atoms with van der Waals surface area (Å²) in [7, 11) is 1.62. The summed E-state index contributed by atoms with van der Waals surface area (Å²) in [5.74, 6) is 0.244. The quantitative estimate of drug-likeness (QED) is 0.446. The molecule has 0 unspecified atom stereocenters. The highest BCUT2D eigenvalue weighted by atomic mass is 16.5. The maximum atomic E-state index is 12.8. The summed E-state index contributed by atoms with van der Waals surface area (Å²) in [6.45, 7) is 1.29. The lowest BCUT2D eigenvalue weighted by atomic mass is 9.98. The monoisotopic (exact) mass is 389 g/mol. The van der Waals surface area contributed by atoms with Gasteiger partial charge in [-0.3, -0.25) is 9.59 Å². The van der Waals surface area contributed by atoms with E-state index < -0.39 is 0 Å². The lowest BCUT2D eigenvalue weighted by molar-refractivity contribution is 0.0939. The molecule has 0 fully saturated rings. The third-order valence-corrected chi connectivity index (χ3v) is 4.36. The van der Waals surface area contributed by atoms with Crippen molar-refractivity contribution in [2.24, 2.45) is 0 Å². The molecule has 0 saturated carbocycles. The maximum Gasteiger partial charge on any atom is 0.252 e. The second kappa shape index (κ2) is 10.2. The molecule has 3 aromatic rings. The number of benzene rings is 3. The Bertz CT molecular complexity index is 969. The largest absolute Gasteiger partial charge is 0.491 e. The molecule has 0 atom stereocenters. The molecule has 0 heterocycles. The summed E-state index contributed by atoms with van der Waals surface area (Å²) in [5, 5.41) is 2.89. The molecule has 0 aliphatic rings. The Morgan fingerprint density at radius 1 is 0.828 bits per heavy atom. The summed E-state index contributed by atoms with van der Waals surface area (Å²) in [5.41, 5.74) is 2.19. The summed E-state index contributed by atoms with van der Waals surface area (Å²) in [4.78, 5) is 25.6. The molecule has 0 radical (unpaired) electrons. The van der Waals surface area contributed by atoms with Gasteiger partial charge in [-0.25, -0.2) is 0 Å². The van der Waals surface area contributed by atoms with Gasteiger partial charge >= 0.3 is 0 Å². The highest BCUT2D eigenvalue weighted by Gasteiger charge is 2.17. The van der Waals surface area contributed by atoms with E-state index >= 15 is 0 Å². The van der Waals surface area contributed by atoms with Gasteiger partial charge in [0.05, 0.1) is 12.2 Å². The molecule has 5 nitrogen and oxygen atoms in total. The maximum absolute atomic E-state index is 12.8. The molecule has 0 aromatic heterocycles. The van der Waals surface area contributed by atoms with E-state index in [1.807, 2.05) is 30.3 Å². The van der Waals surface area contributed by atoms with Crippen LogP contribution in [-0.4, -0.2) is 32.0 Å². The average Bonchev–Trinajstić information content (AvgIpc) is 2.78. The van der Waals surface area contributed by atoms with Gasteiger partial charge < -0.3 is 14.8 Å². The van der Waals surface area contributed by atoms with Gasteiger partial charge in [-0.2, -0.15) is 0 Å². The third-order valence-electron chi connectivity index (χ3n) is 4.36. The van der Waals surface area contributed by atoms with Gasteiger partial charge in [-0.05, 0) is 23.8 Å². The molecule has 148 valence electrons. The third kappa shape index (κ3) is 5.53. The van der Waals surface area contributed by atoms with E-state index in [1.54, 1.807) is 55.6 Å². The van der Waals surface area contributed by atoms with Crippen LogP contribution in [-0.2, 0) is 11.3 Å². The van der Waals surface area contributed by atoms with Crippen molar-refractivity contribution in [1.29, 1.82) is 0 Å². The number of nitrogens with one attached hydrogen (secondary N) is 1. The first-order valence-corrected chi connectivity index (χ1v) is 9.36. The smallest absolute Gasteiger partial charge is 0.252 e. The molecule has 0 aliphatic carbocycles. The summed E-state index contributed by atoms with van der Waals surface area (Å²) in [6, 6.07) is 23.3. The Kier molecular flexibility index (Phi) is 7.14. The number of methoxy groups -OCH3 is 1. The average molecular weight is 389 g/mol. The Morgan fingerprint density at radius 2 is 1.55 bits per heavy atom. The van der Waals surface area contributed by atoms with Crippen LogP contribution >= 0.6 is 0 Å². The van der Waals surface area contributed by atoms with Crippen LogP contribution in [0.5, 0.6) is 5.75 Å². The number of rotatable bonds is 9. The fourth-order valence-electron chi connectivity index (χ4n) is 2.89. The SMILES string of the molecule is COCCOc1cccc(CNC(=O)c2ccccc2C(=O)c2ccccc2)c1. The summed E-state index contributed by atoms with van der Waals surface area (Å²) >= 11 is 0. The van der Waals surface area contributed by atoms with E-state index in [0.717, 1.165) is 5.56 Å². The van der Waals surface area contributed by atoms with Crippen molar-refractivity contribution in [3.05, 3.63) is 101 Å². The second-order valence-electron chi connectivity index (χ2n) is 6.41. The lowest BCUT2D eigenvalue weighted by Gasteiger charge is -2.11. The van der Waals surface area contributed by atoms with Crippen molar-refractivity contribution >= 4 is 11.7 Å². The van der Waals surface area contributed by atoms with E-state index in [0.29, 0.717) is 42.2 Å². The number of carbonyl (C=O) groups excluding carboxylic acids is 2. The number of ether oxygens (including phenoxy) is 2. The molecule has 29 heavy (non-hydrogen) atoms. The van der Waals surface area contributed by atoms with Crippen LogP contribution in [0.1, 0.15) is 31.8 Å². The van der Waals surface area contributed by atoms with Gasteiger partial charge in [-0.1, -0.05) is 60.7 Å². The van der Waals surface area contributed by atoms with Crippen molar-refractivity contribution in [2.75, 3.05) is 20.3 Å². The Labute approximate surface area is 170 Å². The Hall–Kier alpha value is -3.44. The van der Waals surface area contributed by atoms with Gasteiger partial charge in [0.1, 0.15) is 12.4 Å².